The van der Waals surface area contributed by atoms with Crippen LogP contribution >= 0.6 is 0 Å². The number of nitrogens with one attached hydrogen (secondary N) is 1. The van der Waals surface area contributed by atoms with Crippen LogP contribution in [-0.4, -0.2) is 30.1 Å². The lowest BCUT2D eigenvalue weighted by Crippen LogP contribution is -2.46. The van der Waals surface area contributed by atoms with Gasteiger partial charge in [0.25, 0.3) is 0 Å². The van der Waals surface area contributed by atoms with E-state index in [4.69, 9.17) is 9.47 Å². The number of ketones is 1. The summed E-state index contributed by atoms with van der Waals surface area (Å²) in [7, 11) is 0. The van der Waals surface area contributed by atoms with Gasteiger partial charge < -0.3 is 14.8 Å². The van der Waals surface area contributed by atoms with E-state index in [0.29, 0.717) is 13.0 Å². The third-order valence-corrected chi connectivity index (χ3v) is 3.63. The van der Waals surface area contributed by atoms with E-state index in [-0.39, 0.29) is 18.3 Å². The van der Waals surface area contributed by atoms with Crippen LogP contribution in [0.4, 0.5) is 4.79 Å². The molecule has 1 fully saturated rings. The van der Waals surface area contributed by atoms with Crippen molar-refractivity contribution in [2.45, 2.75) is 45.4 Å². The molecule has 1 saturated heterocycles. The standard InChI is InChI=1S/C17H23NO4/c1-12(2)9-14(15(19)17(3)11-22-17)18-16(20)21-10-13-7-5-4-6-8-13/h4-8,12,14H,9-11H2,1-3H3,(H,18,20)/t14-,17+/m1/s1. The molecule has 0 radical (unpaired) electrons. The molecule has 5 heteroatoms. The van der Waals surface area contributed by atoms with Gasteiger partial charge in [-0.25, -0.2) is 4.79 Å². The number of amides is 1. The first-order chi connectivity index (χ1) is 10.4. The minimum Gasteiger partial charge on any atom is -0.445 e. The maximum Gasteiger partial charge on any atom is 0.408 e. The predicted octanol–water partition coefficient (Wildman–Crippen LogP) is 2.69. The van der Waals surface area contributed by atoms with E-state index >= 15 is 0 Å². The molecule has 1 aromatic rings. The molecule has 2 rings (SSSR count). The van der Waals surface area contributed by atoms with Crippen molar-refractivity contribution in [2.24, 2.45) is 5.92 Å². The fourth-order valence-corrected chi connectivity index (χ4v) is 2.23. The van der Waals surface area contributed by atoms with Crippen LogP contribution in [0.15, 0.2) is 30.3 Å². The Morgan fingerprint density at radius 2 is 1.95 bits per heavy atom. The molecule has 0 aliphatic carbocycles. The predicted molar refractivity (Wildman–Crippen MR) is 82.4 cm³/mol. The van der Waals surface area contributed by atoms with E-state index in [1.54, 1.807) is 6.92 Å². The second-order valence-electron chi connectivity index (χ2n) is 6.27. The number of hydrogen-bond acceptors (Lipinski definition) is 4. The number of benzene rings is 1. The first-order valence-corrected chi connectivity index (χ1v) is 7.56. The van der Waals surface area contributed by atoms with Gasteiger partial charge in [-0.2, -0.15) is 0 Å². The Balaban J connectivity index is 1.89. The minimum atomic E-state index is -0.744. The zero-order valence-corrected chi connectivity index (χ0v) is 13.3. The Kier molecular flexibility index (Phi) is 5.19. The van der Waals surface area contributed by atoms with Gasteiger partial charge in [-0.1, -0.05) is 44.2 Å². The van der Waals surface area contributed by atoms with E-state index in [1.165, 1.54) is 0 Å². The Hall–Kier alpha value is -1.88. The van der Waals surface area contributed by atoms with Crippen LogP contribution < -0.4 is 5.32 Å². The topological polar surface area (TPSA) is 67.9 Å². The fraction of sp³-hybridized carbons (Fsp3) is 0.529. The summed E-state index contributed by atoms with van der Waals surface area (Å²) in [5.41, 5.74) is 0.161. The summed E-state index contributed by atoms with van der Waals surface area (Å²) in [6, 6.07) is 8.85. The van der Waals surface area contributed by atoms with Crippen LogP contribution in [0.25, 0.3) is 0 Å². The van der Waals surface area contributed by atoms with Gasteiger partial charge in [-0.05, 0) is 24.8 Å². The van der Waals surface area contributed by atoms with E-state index in [1.807, 2.05) is 44.2 Å². The Labute approximate surface area is 131 Å². The van der Waals surface area contributed by atoms with Gasteiger partial charge in [0.05, 0.1) is 12.6 Å². The summed E-state index contributed by atoms with van der Waals surface area (Å²) < 4.78 is 10.4. The molecule has 0 unspecified atom stereocenters. The summed E-state index contributed by atoms with van der Waals surface area (Å²) in [5, 5.41) is 2.67. The van der Waals surface area contributed by atoms with Crippen molar-refractivity contribution >= 4 is 11.9 Å². The number of alkyl carbamates (subject to hydrolysis) is 1. The first-order valence-electron chi connectivity index (χ1n) is 7.56. The normalized spacial score (nSPS) is 21.3. The summed E-state index contributed by atoms with van der Waals surface area (Å²) in [4.78, 5) is 24.3. The molecule has 0 spiro atoms. The lowest BCUT2D eigenvalue weighted by molar-refractivity contribution is -0.125. The summed E-state index contributed by atoms with van der Waals surface area (Å²) in [6.45, 7) is 6.37. The highest BCUT2D eigenvalue weighted by molar-refractivity contribution is 5.95. The van der Waals surface area contributed by atoms with E-state index in [0.717, 1.165) is 5.56 Å². The second kappa shape index (κ2) is 6.92. The number of carbonyl (C=O) groups excluding carboxylic acids is 2. The lowest BCUT2D eigenvalue weighted by Gasteiger charge is -2.21. The SMILES string of the molecule is CC(C)C[C@@H](NC(=O)OCc1ccccc1)C(=O)[C@]1(C)CO1. The second-order valence-corrected chi connectivity index (χ2v) is 6.27. The monoisotopic (exact) mass is 305 g/mol. The van der Waals surface area contributed by atoms with E-state index in [2.05, 4.69) is 5.32 Å². The number of Topliss-reactive ketones (excluding diaryl/α,β-unsaturated/α-hetero) is 1. The number of rotatable bonds is 7. The van der Waals surface area contributed by atoms with Crippen LogP contribution in [0.1, 0.15) is 32.8 Å². The van der Waals surface area contributed by atoms with Gasteiger partial charge in [-0.3, -0.25) is 4.79 Å². The van der Waals surface area contributed by atoms with Gasteiger partial charge in [0.15, 0.2) is 5.78 Å². The smallest absolute Gasteiger partial charge is 0.408 e. The highest BCUT2D eigenvalue weighted by atomic mass is 16.6. The molecule has 0 bridgehead atoms. The Morgan fingerprint density at radius 1 is 1.32 bits per heavy atom. The van der Waals surface area contributed by atoms with Gasteiger partial charge in [-0.15, -0.1) is 0 Å². The summed E-state index contributed by atoms with van der Waals surface area (Å²) in [6.07, 6.45) is -0.00908. The maximum atomic E-state index is 12.4. The molecule has 2 atom stereocenters. The number of carbonyl (C=O) groups is 2. The molecule has 1 amide bonds. The maximum absolute atomic E-state index is 12.4. The molecule has 0 aromatic heterocycles. The van der Waals surface area contributed by atoms with E-state index in [9.17, 15) is 9.59 Å². The van der Waals surface area contributed by atoms with E-state index < -0.39 is 17.7 Å². The first kappa shape index (κ1) is 16.5. The molecule has 1 aliphatic heterocycles. The molecule has 22 heavy (non-hydrogen) atoms. The third kappa shape index (κ3) is 4.56. The van der Waals surface area contributed by atoms with Crippen molar-refractivity contribution in [3.8, 4) is 0 Å². The zero-order chi connectivity index (χ0) is 16.2. The largest absolute Gasteiger partial charge is 0.445 e. The van der Waals surface area contributed by atoms with Crippen molar-refractivity contribution in [3.05, 3.63) is 35.9 Å². The Bertz CT molecular complexity index is 523. The number of epoxide rings is 1. The van der Waals surface area contributed by atoms with Crippen LogP contribution in [-0.2, 0) is 20.9 Å². The van der Waals surface area contributed by atoms with Crippen LogP contribution in [0.2, 0.25) is 0 Å². The van der Waals surface area contributed by atoms with Crippen LogP contribution in [0.5, 0.6) is 0 Å². The molecule has 120 valence electrons. The highest BCUT2D eigenvalue weighted by Gasteiger charge is 2.50. The molecule has 1 aliphatic rings. The fourth-order valence-electron chi connectivity index (χ4n) is 2.23. The van der Waals surface area contributed by atoms with Gasteiger partial charge in [0.1, 0.15) is 12.2 Å². The highest BCUT2D eigenvalue weighted by Crippen LogP contribution is 2.29. The zero-order valence-electron chi connectivity index (χ0n) is 13.3. The Morgan fingerprint density at radius 3 is 2.50 bits per heavy atom. The van der Waals surface area contributed by atoms with Gasteiger partial charge in [0, 0.05) is 0 Å². The van der Waals surface area contributed by atoms with Gasteiger partial charge in [0.2, 0.25) is 0 Å². The van der Waals surface area contributed by atoms with Crippen molar-refractivity contribution in [3.63, 3.8) is 0 Å². The lowest BCUT2D eigenvalue weighted by atomic mass is 9.93. The van der Waals surface area contributed by atoms with Crippen molar-refractivity contribution in [1.82, 2.24) is 5.32 Å². The van der Waals surface area contributed by atoms with Gasteiger partial charge >= 0.3 is 6.09 Å². The molecule has 1 heterocycles. The summed E-state index contributed by atoms with van der Waals surface area (Å²) >= 11 is 0. The summed E-state index contributed by atoms with van der Waals surface area (Å²) in [5.74, 6) is 0.198. The molecule has 1 aromatic carbocycles. The molecular formula is C17H23NO4. The average Bonchev–Trinajstić information content (AvgIpc) is 3.23. The van der Waals surface area contributed by atoms with Crippen LogP contribution in [0.3, 0.4) is 0 Å². The molecule has 5 nitrogen and oxygen atoms in total. The van der Waals surface area contributed by atoms with Crippen molar-refractivity contribution in [2.75, 3.05) is 6.61 Å². The molecule has 1 N–H and O–H groups in total. The number of ether oxygens (including phenoxy) is 2. The third-order valence-electron chi connectivity index (χ3n) is 3.63. The molecule has 0 saturated carbocycles. The van der Waals surface area contributed by atoms with Crippen molar-refractivity contribution < 1.29 is 19.1 Å². The van der Waals surface area contributed by atoms with Crippen molar-refractivity contribution in [1.29, 1.82) is 0 Å². The minimum absolute atomic E-state index is 0.0853. The number of hydrogen-bond donors (Lipinski definition) is 1. The molecular weight excluding hydrogens is 282 g/mol. The quantitative estimate of drug-likeness (QED) is 0.786. The average molecular weight is 305 g/mol. The van der Waals surface area contributed by atoms with Crippen LogP contribution in [0, 0.1) is 5.92 Å².